The molecule has 2 atom stereocenters. The van der Waals surface area contributed by atoms with Gasteiger partial charge in [-0.05, 0) is 26.8 Å². The maximum absolute atomic E-state index is 12.5. The molecule has 0 amide bonds. The van der Waals surface area contributed by atoms with E-state index < -0.39 is 19.7 Å². The van der Waals surface area contributed by atoms with Crippen LogP contribution < -0.4 is 5.32 Å². The number of hydrogen-bond donors (Lipinski definition) is 1. The van der Waals surface area contributed by atoms with Crippen LogP contribution in [0.4, 0.5) is 0 Å². The number of nitrogens with one attached hydrogen (secondary N) is 1. The normalized spacial score (nSPS) is 27.1. The molecule has 2 unspecified atom stereocenters. The first kappa shape index (κ1) is 16.8. The summed E-state index contributed by atoms with van der Waals surface area (Å²) in [7, 11) is -3.12. The molecule has 21 heavy (non-hydrogen) atoms. The standard InChI is InChI=1S/C13H23N2O5P/c1-3-19-21(18,20-4-2)9-8-15-7-5-6-14-10-11(15)13(17)12(10)16/h10-11,14H,3-9H2,1-2H3. The Morgan fingerprint density at radius 1 is 1.24 bits per heavy atom. The van der Waals surface area contributed by atoms with E-state index in [1.165, 1.54) is 0 Å². The van der Waals surface area contributed by atoms with Crippen LogP contribution >= 0.6 is 7.60 Å². The molecular formula is C13H23N2O5P. The number of carbonyl (C=O) groups excluding carboxylic acids is 2. The first-order valence-corrected chi connectivity index (χ1v) is 9.19. The average Bonchev–Trinajstić information content (AvgIpc) is 2.65. The molecule has 0 aromatic heterocycles. The molecule has 1 aliphatic carbocycles. The minimum Gasteiger partial charge on any atom is -0.309 e. The van der Waals surface area contributed by atoms with Gasteiger partial charge in [-0.1, -0.05) is 0 Å². The van der Waals surface area contributed by atoms with Gasteiger partial charge < -0.3 is 14.4 Å². The fourth-order valence-electron chi connectivity index (χ4n) is 2.82. The highest BCUT2D eigenvalue weighted by atomic mass is 31.2. The van der Waals surface area contributed by atoms with Crippen LogP contribution in [0.2, 0.25) is 0 Å². The fraction of sp³-hybridized carbons (Fsp3) is 0.846. The molecule has 1 N–H and O–H groups in total. The third-order valence-electron chi connectivity index (χ3n) is 3.80. The Hall–Kier alpha value is -0.590. The molecule has 0 aromatic rings. The van der Waals surface area contributed by atoms with Crippen molar-refractivity contribution in [1.82, 2.24) is 10.2 Å². The highest BCUT2D eigenvalue weighted by Gasteiger charge is 2.52. The van der Waals surface area contributed by atoms with Crippen molar-refractivity contribution < 1.29 is 23.2 Å². The van der Waals surface area contributed by atoms with Gasteiger partial charge in [-0.3, -0.25) is 19.1 Å². The summed E-state index contributed by atoms with van der Waals surface area (Å²) in [6.45, 7) is 6.03. The predicted octanol–water partition coefficient (Wildman–Crippen LogP) is 0.437. The molecule has 1 saturated carbocycles. The maximum atomic E-state index is 12.5. The van der Waals surface area contributed by atoms with Crippen LogP contribution in [0.3, 0.4) is 0 Å². The first-order chi connectivity index (χ1) is 10.0. The summed E-state index contributed by atoms with van der Waals surface area (Å²) in [4.78, 5) is 25.3. The SMILES string of the molecule is CCOP(=O)(CCN1CCCNC2C(=O)C(=O)C21)OCC. The molecule has 8 heteroatoms. The number of carbonyl (C=O) groups is 2. The maximum Gasteiger partial charge on any atom is 0.331 e. The van der Waals surface area contributed by atoms with Crippen LogP contribution in [0.1, 0.15) is 20.3 Å². The van der Waals surface area contributed by atoms with Gasteiger partial charge in [0.1, 0.15) is 0 Å². The van der Waals surface area contributed by atoms with Gasteiger partial charge in [-0.15, -0.1) is 0 Å². The summed E-state index contributed by atoms with van der Waals surface area (Å²) in [5.41, 5.74) is 0. The second-order valence-electron chi connectivity index (χ2n) is 5.16. The van der Waals surface area contributed by atoms with E-state index in [0.29, 0.717) is 32.8 Å². The van der Waals surface area contributed by atoms with Gasteiger partial charge in [-0.2, -0.15) is 0 Å². The third-order valence-corrected chi connectivity index (χ3v) is 5.85. The summed E-state index contributed by atoms with van der Waals surface area (Å²) < 4.78 is 23.0. The highest BCUT2D eigenvalue weighted by Crippen LogP contribution is 2.47. The van der Waals surface area contributed by atoms with Gasteiger partial charge >= 0.3 is 7.60 Å². The highest BCUT2D eigenvalue weighted by molar-refractivity contribution is 7.53. The van der Waals surface area contributed by atoms with Crippen LogP contribution in [0.15, 0.2) is 0 Å². The quantitative estimate of drug-likeness (QED) is 0.538. The van der Waals surface area contributed by atoms with E-state index in [9.17, 15) is 14.2 Å². The lowest BCUT2D eigenvalue weighted by molar-refractivity contribution is -0.150. The summed E-state index contributed by atoms with van der Waals surface area (Å²) in [5, 5.41) is 3.10. The number of ketones is 2. The van der Waals surface area contributed by atoms with Crippen molar-refractivity contribution in [1.29, 1.82) is 0 Å². The van der Waals surface area contributed by atoms with Crippen molar-refractivity contribution in [3.05, 3.63) is 0 Å². The molecular weight excluding hydrogens is 295 g/mol. The molecule has 2 rings (SSSR count). The Labute approximate surface area is 124 Å². The summed E-state index contributed by atoms with van der Waals surface area (Å²) in [5.74, 6) is -0.693. The average molecular weight is 318 g/mol. The molecule has 120 valence electrons. The zero-order chi connectivity index (χ0) is 15.5. The number of rotatable bonds is 7. The van der Waals surface area contributed by atoms with E-state index in [2.05, 4.69) is 5.32 Å². The lowest BCUT2D eigenvalue weighted by Crippen LogP contribution is -2.69. The summed E-state index contributed by atoms with van der Waals surface area (Å²) in [6.07, 6.45) is 1.08. The van der Waals surface area contributed by atoms with E-state index in [-0.39, 0.29) is 17.7 Å². The second-order valence-corrected chi connectivity index (χ2v) is 7.35. The smallest absolute Gasteiger partial charge is 0.309 e. The van der Waals surface area contributed by atoms with Crippen molar-refractivity contribution in [2.24, 2.45) is 0 Å². The van der Waals surface area contributed by atoms with Crippen LogP contribution in [0, 0.1) is 0 Å². The molecule has 1 heterocycles. The van der Waals surface area contributed by atoms with Gasteiger partial charge in [-0.25, -0.2) is 0 Å². The Bertz CT molecular complexity index is 446. The monoisotopic (exact) mass is 318 g/mol. The van der Waals surface area contributed by atoms with Crippen LogP contribution in [-0.4, -0.2) is 67.6 Å². The van der Waals surface area contributed by atoms with E-state index in [1.54, 1.807) is 13.8 Å². The number of hydrogen-bond acceptors (Lipinski definition) is 7. The Morgan fingerprint density at radius 3 is 2.52 bits per heavy atom. The van der Waals surface area contributed by atoms with Gasteiger partial charge in [0.05, 0.1) is 31.5 Å². The molecule has 2 aliphatic rings. The Kier molecular flexibility index (Phi) is 5.68. The third kappa shape index (κ3) is 3.60. The van der Waals surface area contributed by atoms with Crippen molar-refractivity contribution in [2.45, 2.75) is 32.4 Å². The molecule has 7 nitrogen and oxygen atoms in total. The van der Waals surface area contributed by atoms with Crippen molar-refractivity contribution >= 4 is 19.2 Å². The van der Waals surface area contributed by atoms with E-state index in [0.717, 1.165) is 6.42 Å². The summed E-state index contributed by atoms with van der Waals surface area (Å²) in [6, 6.07) is -0.824. The topological polar surface area (TPSA) is 84.9 Å². The van der Waals surface area contributed by atoms with Crippen molar-refractivity contribution in [2.75, 3.05) is 39.0 Å². The number of Topliss-reactive ketones (excluding diaryl/α,β-unsaturated/α-hetero) is 2. The van der Waals surface area contributed by atoms with Gasteiger partial charge in [0.25, 0.3) is 0 Å². The number of nitrogens with zero attached hydrogens (tertiary/aromatic N) is 1. The molecule has 0 bridgehead atoms. The molecule has 1 aliphatic heterocycles. The molecule has 0 aromatic carbocycles. The Morgan fingerprint density at radius 2 is 1.90 bits per heavy atom. The lowest BCUT2D eigenvalue weighted by Gasteiger charge is -2.39. The van der Waals surface area contributed by atoms with E-state index in [1.807, 2.05) is 4.90 Å². The van der Waals surface area contributed by atoms with Crippen molar-refractivity contribution in [3.8, 4) is 0 Å². The van der Waals surface area contributed by atoms with Crippen LogP contribution in [-0.2, 0) is 23.2 Å². The number of fused-ring (bicyclic) bond motifs is 1. The zero-order valence-electron chi connectivity index (χ0n) is 12.5. The second kappa shape index (κ2) is 7.11. The van der Waals surface area contributed by atoms with E-state index >= 15 is 0 Å². The van der Waals surface area contributed by atoms with Gasteiger partial charge in [0, 0.05) is 13.1 Å². The minimum absolute atomic E-state index is 0.235. The van der Waals surface area contributed by atoms with Crippen molar-refractivity contribution in [3.63, 3.8) is 0 Å². The minimum atomic E-state index is -3.12. The lowest BCUT2D eigenvalue weighted by atomic mass is 9.82. The molecule has 1 saturated heterocycles. The van der Waals surface area contributed by atoms with E-state index in [4.69, 9.17) is 9.05 Å². The Balaban J connectivity index is 1.99. The fourth-order valence-corrected chi connectivity index (χ4v) is 4.44. The largest absolute Gasteiger partial charge is 0.331 e. The van der Waals surface area contributed by atoms with Gasteiger partial charge in [0.15, 0.2) is 0 Å². The predicted molar refractivity (Wildman–Crippen MR) is 77.5 cm³/mol. The van der Waals surface area contributed by atoms with Crippen LogP contribution in [0.5, 0.6) is 0 Å². The first-order valence-electron chi connectivity index (χ1n) is 7.46. The molecule has 2 fully saturated rings. The molecule has 0 radical (unpaired) electrons. The zero-order valence-corrected chi connectivity index (χ0v) is 13.4. The van der Waals surface area contributed by atoms with Crippen LogP contribution in [0.25, 0.3) is 0 Å². The summed E-state index contributed by atoms with van der Waals surface area (Å²) >= 11 is 0. The molecule has 0 spiro atoms. The van der Waals surface area contributed by atoms with Gasteiger partial charge in [0.2, 0.25) is 11.6 Å².